The molecular weight excluding hydrogens is 202 g/mol. The molecule has 2 fully saturated rings. The zero-order valence-electron chi connectivity index (χ0n) is 9.99. The first-order valence-corrected chi connectivity index (χ1v) is 6.72. The lowest BCUT2D eigenvalue weighted by atomic mass is 10.1. The lowest BCUT2D eigenvalue weighted by molar-refractivity contribution is -0.154. The van der Waals surface area contributed by atoms with Crippen molar-refractivity contribution in [1.29, 1.82) is 0 Å². The van der Waals surface area contributed by atoms with E-state index in [4.69, 9.17) is 10.5 Å². The Morgan fingerprint density at radius 2 is 1.69 bits per heavy atom. The molecule has 92 valence electrons. The molecule has 0 aromatic heterocycles. The normalized spacial score (nSPS) is 32.3. The summed E-state index contributed by atoms with van der Waals surface area (Å²) in [5.41, 5.74) is 5.81. The summed E-state index contributed by atoms with van der Waals surface area (Å²) in [5.74, 6) is 0.0955. The molecule has 0 aliphatic heterocycles. The smallest absolute Gasteiger partial charge is 0.309 e. The number of esters is 1. The number of hydrogen-bond donors (Lipinski definition) is 1. The van der Waals surface area contributed by atoms with E-state index in [1.807, 2.05) is 0 Å². The lowest BCUT2D eigenvalue weighted by Crippen LogP contribution is -2.24. The van der Waals surface area contributed by atoms with Crippen LogP contribution in [0, 0.1) is 5.92 Å². The lowest BCUT2D eigenvalue weighted by Gasteiger charge is -2.18. The Balaban J connectivity index is 1.77. The van der Waals surface area contributed by atoms with Crippen molar-refractivity contribution in [2.75, 3.05) is 0 Å². The standard InChI is InChI=1S/C13H23NO2/c14-11-8-7-10(9-11)13(15)16-12-5-3-1-2-4-6-12/h10-12H,1-9,14H2/t10-,11+/m1/s1. The van der Waals surface area contributed by atoms with Gasteiger partial charge in [0.1, 0.15) is 6.10 Å². The van der Waals surface area contributed by atoms with Gasteiger partial charge in [0.2, 0.25) is 0 Å². The van der Waals surface area contributed by atoms with E-state index in [9.17, 15) is 4.79 Å². The van der Waals surface area contributed by atoms with Crippen LogP contribution in [-0.4, -0.2) is 18.1 Å². The van der Waals surface area contributed by atoms with Gasteiger partial charge in [0.15, 0.2) is 0 Å². The van der Waals surface area contributed by atoms with Crippen molar-refractivity contribution in [3.8, 4) is 0 Å². The van der Waals surface area contributed by atoms with E-state index in [-0.39, 0.29) is 24.0 Å². The second kappa shape index (κ2) is 5.67. The van der Waals surface area contributed by atoms with Crippen molar-refractivity contribution in [2.45, 2.75) is 69.9 Å². The van der Waals surface area contributed by atoms with Gasteiger partial charge in [-0.1, -0.05) is 12.8 Å². The van der Waals surface area contributed by atoms with Crippen LogP contribution in [0.25, 0.3) is 0 Å². The summed E-state index contributed by atoms with van der Waals surface area (Å²) in [6.45, 7) is 0. The van der Waals surface area contributed by atoms with Gasteiger partial charge >= 0.3 is 5.97 Å². The molecular formula is C13H23NO2. The minimum absolute atomic E-state index is 0.0138. The van der Waals surface area contributed by atoms with E-state index in [2.05, 4.69) is 0 Å². The Morgan fingerprint density at radius 3 is 2.25 bits per heavy atom. The molecule has 0 bridgehead atoms. The maximum Gasteiger partial charge on any atom is 0.309 e. The number of carbonyl (C=O) groups excluding carboxylic acids is 1. The van der Waals surface area contributed by atoms with Crippen LogP contribution < -0.4 is 5.73 Å². The second-order valence-electron chi connectivity index (χ2n) is 5.32. The van der Waals surface area contributed by atoms with E-state index < -0.39 is 0 Å². The van der Waals surface area contributed by atoms with Gasteiger partial charge in [-0.15, -0.1) is 0 Å². The molecule has 2 aliphatic rings. The van der Waals surface area contributed by atoms with Gasteiger partial charge in [-0.05, 0) is 44.9 Å². The monoisotopic (exact) mass is 225 g/mol. The summed E-state index contributed by atoms with van der Waals surface area (Å²) in [6.07, 6.45) is 10.0. The first kappa shape index (κ1) is 11.9. The molecule has 0 radical (unpaired) electrons. The molecule has 0 saturated heterocycles. The Labute approximate surface area is 97.7 Å². The molecule has 3 nitrogen and oxygen atoms in total. The number of rotatable bonds is 2. The van der Waals surface area contributed by atoms with Gasteiger partial charge in [-0.25, -0.2) is 0 Å². The maximum absolute atomic E-state index is 11.9. The van der Waals surface area contributed by atoms with Crippen LogP contribution in [0.4, 0.5) is 0 Å². The molecule has 2 saturated carbocycles. The van der Waals surface area contributed by atoms with Crippen molar-refractivity contribution >= 4 is 5.97 Å². The van der Waals surface area contributed by atoms with E-state index in [0.29, 0.717) is 0 Å². The molecule has 3 heteroatoms. The second-order valence-corrected chi connectivity index (χ2v) is 5.32. The maximum atomic E-state index is 11.9. The topological polar surface area (TPSA) is 52.3 Å². The Morgan fingerprint density at radius 1 is 1.00 bits per heavy atom. The van der Waals surface area contributed by atoms with Gasteiger partial charge in [-0.3, -0.25) is 4.79 Å². The molecule has 2 N–H and O–H groups in total. The van der Waals surface area contributed by atoms with Gasteiger partial charge in [0.25, 0.3) is 0 Å². The Bertz CT molecular complexity index is 234. The third-order valence-corrected chi connectivity index (χ3v) is 3.89. The van der Waals surface area contributed by atoms with E-state index >= 15 is 0 Å². The van der Waals surface area contributed by atoms with Gasteiger partial charge < -0.3 is 10.5 Å². The zero-order valence-corrected chi connectivity index (χ0v) is 9.99. The third kappa shape index (κ3) is 3.21. The van der Waals surface area contributed by atoms with Crippen LogP contribution in [-0.2, 0) is 9.53 Å². The predicted octanol–water partition coefficient (Wildman–Crippen LogP) is 2.38. The first-order chi connectivity index (χ1) is 7.75. The molecule has 0 aromatic rings. The molecule has 0 amide bonds. The third-order valence-electron chi connectivity index (χ3n) is 3.89. The van der Waals surface area contributed by atoms with Gasteiger partial charge in [0.05, 0.1) is 5.92 Å². The van der Waals surface area contributed by atoms with Crippen LogP contribution in [0.5, 0.6) is 0 Å². The molecule has 2 aliphatic carbocycles. The molecule has 16 heavy (non-hydrogen) atoms. The Hall–Kier alpha value is -0.570. The highest BCUT2D eigenvalue weighted by Crippen LogP contribution is 2.27. The first-order valence-electron chi connectivity index (χ1n) is 6.72. The highest BCUT2D eigenvalue weighted by Gasteiger charge is 2.30. The molecule has 0 heterocycles. The van der Waals surface area contributed by atoms with Gasteiger partial charge in [-0.2, -0.15) is 0 Å². The summed E-state index contributed by atoms with van der Waals surface area (Å²) >= 11 is 0. The molecule has 2 rings (SSSR count). The molecule has 2 atom stereocenters. The van der Waals surface area contributed by atoms with Crippen molar-refractivity contribution < 1.29 is 9.53 Å². The van der Waals surface area contributed by atoms with Crippen molar-refractivity contribution in [3.63, 3.8) is 0 Å². The fourth-order valence-corrected chi connectivity index (χ4v) is 2.85. The largest absolute Gasteiger partial charge is 0.462 e. The minimum Gasteiger partial charge on any atom is -0.462 e. The van der Waals surface area contributed by atoms with E-state index in [0.717, 1.165) is 32.1 Å². The molecule has 0 unspecified atom stereocenters. The van der Waals surface area contributed by atoms with Crippen LogP contribution in [0.1, 0.15) is 57.8 Å². The fraction of sp³-hybridized carbons (Fsp3) is 0.923. The number of nitrogens with two attached hydrogens (primary N) is 1. The van der Waals surface area contributed by atoms with Crippen LogP contribution in [0.2, 0.25) is 0 Å². The summed E-state index contributed by atoms with van der Waals surface area (Å²) in [6, 6.07) is 0.215. The van der Waals surface area contributed by atoms with Crippen molar-refractivity contribution in [2.24, 2.45) is 11.7 Å². The predicted molar refractivity (Wildman–Crippen MR) is 62.9 cm³/mol. The SMILES string of the molecule is N[C@H]1CC[C@@H](C(=O)OC2CCCCCC2)C1. The van der Waals surface area contributed by atoms with E-state index in [1.54, 1.807) is 0 Å². The highest BCUT2D eigenvalue weighted by molar-refractivity contribution is 5.73. The van der Waals surface area contributed by atoms with E-state index in [1.165, 1.54) is 25.7 Å². The average Bonchev–Trinajstić information content (AvgIpc) is 2.54. The van der Waals surface area contributed by atoms with Gasteiger partial charge in [0, 0.05) is 6.04 Å². The molecule has 0 spiro atoms. The number of carbonyl (C=O) groups is 1. The summed E-state index contributed by atoms with van der Waals surface area (Å²) in [4.78, 5) is 11.9. The number of hydrogen-bond acceptors (Lipinski definition) is 3. The van der Waals surface area contributed by atoms with Crippen LogP contribution in [0.3, 0.4) is 0 Å². The Kier molecular flexibility index (Phi) is 4.22. The summed E-state index contributed by atoms with van der Waals surface area (Å²) in [7, 11) is 0. The number of ether oxygens (including phenoxy) is 1. The molecule has 0 aromatic carbocycles. The van der Waals surface area contributed by atoms with Crippen molar-refractivity contribution in [3.05, 3.63) is 0 Å². The van der Waals surface area contributed by atoms with Crippen molar-refractivity contribution in [1.82, 2.24) is 0 Å². The fourth-order valence-electron chi connectivity index (χ4n) is 2.85. The van der Waals surface area contributed by atoms with Crippen LogP contribution >= 0.6 is 0 Å². The highest BCUT2D eigenvalue weighted by atomic mass is 16.5. The average molecular weight is 225 g/mol. The minimum atomic E-state index is 0.0138. The quantitative estimate of drug-likeness (QED) is 0.580. The summed E-state index contributed by atoms with van der Waals surface area (Å²) < 4.78 is 5.61. The summed E-state index contributed by atoms with van der Waals surface area (Å²) in [5, 5.41) is 0. The van der Waals surface area contributed by atoms with Crippen LogP contribution in [0.15, 0.2) is 0 Å². The zero-order chi connectivity index (χ0) is 11.4.